The highest BCUT2D eigenvalue weighted by molar-refractivity contribution is 5.77. The lowest BCUT2D eigenvalue weighted by Crippen LogP contribution is -2.36. The highest BCUT2D eigenvalue weighted by Gasteiger charge is 2.40. The topological polar surface area (TPSA) is 58.4 Å². The van der Waals surface area contributed by atoms with Crippen LogP contribution in [0.2, 0.25) is 0 Å². The van der Waals surface area contributed by atoms with Gasteiger partial charge in [0.1, 0.15) is 18.0 Å². The van der Waals surface area contributed by atoms with Gasteiger partial charge < -0.3 is 14.6 Å². The Kier molecular flexibility index (Phi) is 4.54. The highest BCUT2D eigenvalue weighted by atomic mass is 16.3. The summed E-state index contributed by atoms with van der Waals surface area (Å²) in [5.41, 5.74) is 1.97. The number of hydrogen-bond donors (Lipinski definition) is 1. The fraction of sp³-hybridized carbons (Fsp3) is 0.273. The maximum Gasteiger partial charge on any atom is 0.242 e. The molecule has 0 spiro atoms. The van der Waals surface area contributed by atoms with E-state index >= 15 is 0 Å². The van der Waals surface area contributed by atoms with E-state index in [0.717, 1.165) is 22.5 Å². The van der Waals surface area contributed by atoms with Crippen molar-refractivity contribution in [2.75, 3.05) is 13.1 Å². The molecular formula is C22H23N3O2. The van der Waals surface area contributed by atoms with Crippen LogP contribution in [0.4, 0.5) is 0 Å². The van der Waals surface area contributed by atoms with Crippen LogP contribution in [0.5, 0.6) is 0 Å². The molecule has 2 aromatic carbocycles. The van der Waals surface area contributed by atoms with Crippen molar-refractivity contribution in [3.8, 4) is 11.4 Å². The van der Waals surface area contributed by atoms with Gasteiger partial charge in [0.15, 0.2) is 0 Å². The number of carbonyl (C=O) groups excluding carboxylic acids is 1. The van der Waals surface area contributed by atoms with Gasteiger partial charge in [-0.3, -0.25) is 4.79 Å². The highest BCUT2D eigenvalue weighted by Crippen LogP contribution is 2.34. The molecule has 1 fully saturated rings. The van der Waals surface area contributed by atoms with Crippen LogP contribution in [0, 0.1) is 6.92 Å². The minimum absolute atomic E-state index is 0.00492. The maximum atomic E-state index is 12.9. The maximum absolute atomic E-state index is 12.9. The van der Waals surface area contributed by atoms with E-state index in [1.807, 2.05) is 72.3 Å². The zero-order valence-corrected chi connectivity index (χ0v) is 15.4. The minimum Gasteiger partial charge on any atom is -0.383 e. The number of benzene rings is 2. The number of amides is 1. The molecule has 1 aliphatic heterocycles. The Morgan fingerprint density at radius 1 is 1.15 bits per heavy atom. The first-order valence-electron chi connectivity index (χ1n) is 9.20. The van der Waals surface area contributed by atoms with Gasteiger partial charge in [0.25, 0.3) is 0 Å². The molecule has 3 aromatic rings. The molecule has 0 radical (unpaired) electrons. The van der Waals surface area contributed by atoms with Crippen molar-refractivity contribution < 1.29 is 9.90 Å². The van der Waals surface area contributed by atoms with Crippen LogP contribution < -0.4 is 0 Å². The van der Waals surface area contributed by atoms with Crippen molar-refractivity contribution >= 4 is 5.91 Å². The van der Waals surface area contributed by atoms with Crippen molar-refractivity contribution in [1.82, 2.24) is 14.5 Å². The van der Waals surface area contributed by atoms with Crippen LogP contribution in [0.15, 0.2) is 67.0 Å². The molecule has 4 rings (SSSR count). The van der Waals surface area contributed by atoms with E-state index in [9.17, 15) is 9.90 Å². The summed E-state index contributed by atoms with van der Waals surface area (Å²) in [5.74, 6) is 0.770. The quantitative estimate of drug-likeness (QED) is 0.777. The number of aliphatic hydroxyl groups is 1. The van der Waals surface area contributed by atoms with Crippen molar-refractivity contribution in [2.24, 2.45) is 0 Å². The van der Waals surface area contributed by atoms with Crippen molar-refractivity contribution in [3.05, 3.63) is 78.1 Å². The summed E-state index contributed by atoms with van der Waals surface area (Å²) in [7, 11) is 0. The molecule has 5 heteroatoms. The van der Waals surface area contributed by atoms with E-state index in [4.69, 9.17) is 0 Å². The number of β-amino-alcohol motifs (C(OH)–C–C–N with tert-alkyl or cyclic N) is 1. The summed E-state index contributed by atoms with van der Waals surface area (Å²) in [4.78, 5) is 19.0. The summed E-state index contributed by atoms with van der Waals surface area (Å²) < 4.78 is 1.86. The number of aromatic nitrogens is 2. The smallest absolute Gasteiger partial charge is 0.242 e. The second-order valence-electron chi connectivity index (χ2n) is 7.16. The van der Waals surface area contributed by atoms with E-state index in [0.29, 0.717) is 19.5 Å². The first kappa shape index (κ1) is 17.5. The van der Waals surface area contributed by atoms with Gasteiger partial charge in [-0.05, 0) is 24.5 Å². The lowest BCUT2D eigenvalue weighted by atomic mass is 9.89. The first-order chi connectivity index (χ1) is 13.1. The molecule has 1 aromatic heterocycles. The third-order valence-electron chi connectivity index (χ3n) is 5.30. The molecule has 0 unspecified atom stereocenters. The normalized spacial score (nSPS) is 19.4. The SMILES string of the molecule is Cc1ccccc1[C@]1(O)CCN(C(=O)Cn2ccnc2-c2ccccc2)C1. The monoisotopic (exact) mass is 361 g/mol. The zero-order chi connectivity index (χ0) is 18.9. The number of aryl methyl sites for hydroxylation is 1. The lowest BCUT2D eigenvalue weighted by molar-refractivity contribution is -0.131. The van der Waals surface area contributed by atoms with Crippen molar-refractivity contribution in [1.29, 1.82) is 0 Å². The van der Waals surface area contributed by atoms with E-state index in [-0.39, 0.29) is 12.5 Å². The number of hydrogen-bond acceptors (Lipinski definition) is 3. The predicted molar refractivity (Wildman–Crippen MR) is 104 cm³/mol. The van der Waals surface area contributed by atoms with Crippen LogP contribution >= 0.6 is 0 Å². The average Bonchev–Trinajstić information content (AvgIpc) is 3.30. The fourth-order valence-electron chi connectivity index (χ4n) is 3.85. The van der Waals surface area contributed by atoms with Gasteiger partial charge in [0.2, 0.25) is 5.91 Å². The van der Waals surface area contributed by atoms with Gasteiger partial charge in [0, 0.05) is 24.5 Å². The molecule has 0 bridgehead atoms. The number of likely N-dealkylation sites (tertiary alicyclic amines) is 1. The summed E-state index contributed by atoms with van der Waals surface area (Å²) in [6, 6.07) is 17.7. The summed E-state index contributed by atoms with van der Waals surface area (Å²) in [5, 5.41) is 11.1. The molecule has 2 heterocycles. The summed E-state index contributed by atoms with van der Waals surface area (Å²) in [6.45, 7) is 3.09. The van der Waals surface area contributed by atoms with Crippen LogP contribution in [0.25, 0.3) is 11.4 Å². The van der Waals surface area contributed by atoms with Crippen LogP contribution in [-0.2, 0) is 16.9 Å². The summed E-state index contributed by atoms with van der Waals surface area (Å²) >= 11 is 0. The molecular weight excluding hydrogens is 338 g/mol. The Labute approximate surface area is 158 Å². The van der Waals surface area contributed by atoms with E-state index in [2.05, 4.69) is 4.98 Å². The van der Waals surface area contributed by atoms with Gasteiger partial charge in [0.05, 0.1) is 6.54 Å². The van der Waals surface area contributed by atoms with Crippen molar-refractivity contribution in [2.45, 2.75) is 25.5 Å². The third-order valence-corrected chi connectivity index (χ3v) is 5.30. The number of nitrogens with zero attached hydrogens (tertiary/aromatic N) is 3. The molecule has 27 heavy (non-hydrogen) atoms. The minimum atomic E-state index is -0.974. The molecule has 1 saturated heterocycles. The second-order valence-corrected chi connectivity index (χ2v) is 7.16. The summed E-state index contributed by atoms with van der Waals surface area (Å²) in [6.07, 6.45) is 4.09. The largest absolute Gasteiger partial charge is 0.383 e. The lowest BCUT2D eigenvalue weighted by Gasteiger charge is -2.25. The molecule has 138 valence electrons. The Hall–Kier alpha value is -2.92. The Balaban J connectivity index is 1.50. The van der Waals surface area contributed by atoms with Crippen molar-refractivity contribution in [3.63, 3.8) is 0 Å². The third kappa shape index (κ3) is 3.38. The molecule has 1 N–H and O–H groups in total. The van der Waals surface area contributed by atoms with E-state index in [1.54, 1.807) is 11.1 Å². The Bertz CT molecular complexity index is 951. The zero-order valence-electron chi connectivity index (χ0n) is 15.4. The van der Waals surface area contributed by atoms with Gasteiger partial charge in [-0.2, -0.15) is 0 Å². The Morgan fingerprint density at radius 2 is 1.89 bits per heavy atom. The molecule has 5 nitrogen and oxygen atoms in total. The number of carbonyl (C=O) groups is 1. The van der Waals surface area contributed by atoms with Gasteiger partial charge in [-0.1, -0.05) is 54.6 Å². The van der Waals surface area contributed by atoms with E-state index in [1.165, 1.54) is 0 Å². The molecule has 1 aliphatic rings. The van der Waals surface area contributed by atoms with Crippen LogP contribution in [-0.4, -0.2) is 38.6 Å². The molecule has 1 amide bonds. The Morgan fingerprint density at radius 3 is 2.67 bits per heavy atom. The molecule has 0 aliphatic carbocycles. The average molecular weight is 361 g/mol. The van der Waals surface area contributed by atoms with Gasteiger partial charge in [-0.15, -0.1) is 0 Å². The van der Waals surface area contributed by atoms with Gasteiger partial charge >= 0.3 is 0 Å². The van der Waals surface area contributed by atoms with Gasteiger partial charge in [-0.25, -0.2) is 4.98 Å². The second kappa shape index (κ2) is 7.00. The standard InChI is InChI=1S/C22H23N3O2/c1-17-7-5-6-10-19(17)22(27)11-13-25(16-22)20(26)15-24-14-12-23-21(24)18-8-3-2-4-9-18/h2-10,12,14,27H,11,13,15-16H2,1H3/t22-/m0/s1. The molecule has 0 saturated carbocycles. The molecule has 1 atom stereocenters. The fourth-order valence-corrected chi connectivity index (χ4v) is 3.85. The number of imidazole rings is 1. The van der Waals surface area contributed by atoms with E-state index < -0.39 is 5.60 Å². The van der Waals surface area contributed by atoms with Crippen LogP contribution in [0.3, 0.4) is 0 Å². The predicted octanol–water partition coefficient (Wildman–Crippen LogP) is 2.98. The number of rotatable bonds is 4. The first-order valence-corrected chi connectivity index (χ1v) is 9.20. The van der Waals surface area contributed by atoms with Crippen LogP contribution in [0.1, 0.15) is 17.5 Å².